The number of hydrogen-bond donors (Lipinski definition) is 0. The van der Waals surface area contributed by atoms with Gasteiger partial charge in [-0.25, -0.2) is 0 Å². The fourth-order valence-corrected chi connectivity index (χ4v) is 6.11. The van der Waals surface area contributed by atoms with E-state index in [1.807, 2.05) is 0 Å². The van der Waals surface area contributed by atoms with Crippen LogP contribution in [-0.4, -0.2) is 13.5 Å². The highest BCUT2D eigenvalue weighted by atomic mass is 35.5. The molecule has 10 heavy (non-hydrogen) atoms. The Labute approximate surface area is 69.3 Å². The highest BCUT2D eigenvalue weighted by molar-refractivity contribution is 6.80. The molecule has 0 N–H and O–H groups in total. The summed E-state index contributed by atoms with van der Waals surface area (Å²) in [7, 11) is -0.892. The molecule has 0 aromatic rings. The molecule has 1 heterocycles. The van der Waals surface area contributed by atoms with E-state index in [4.69, 9.17) is 11.6 Å². The fraction of sp³-hybridized carbons (Fsp3) is 0.750. The van der Waals surface area contributed by atoms with E-state index in [9.17, 15) is 0 Å². The van der Waals surface area contributed by atoms with Crippen LogP contribution in [-0.2, 0) is 0 Å². The van der Waals surface area contributed by atoms with Crippen molar-refractivity contribution in [2.75, 3.05) is 0 Å². The number of alkyl halides is 1. The van der Waals surface area contributed by atoms with E-state index >= 15 is 0 Å². The van der Waals surface area contributed by atoms with Crippen molar-refractivity contribution < 1.29 is 0 Å². The summed E-state index contributed by atoms with van der Waals surface area (Å²) in [6, 6.07) is 3.98. The molecule has 0 bridgehead atoms. The van der Waals surface area contributed by atoms with Crippen molar-refractivity contribution in [1.29, 1.82) is 0 Å². The van der Waals surface area contributed by atoms with Crippen LogP contribution >= 0.6 is 11.6 Å². The van der Waals surface area contributed by atoms with Crippen molar-refractivity contribution >= 4 is 19.7 Å². The molecule has 1 aliphatic rings. The van der Waals surface area contributed by atoms with Gasteiger partial charge in [0.15, 0.2) is 0 Å². The Kier molecular flexibility index (Phi) is 2.59. The van der Waals surface area contributed by atoms with Crippen LogP contribution in [0.25, 0.3) is 0 Å². The van der Waals surface area contributed by atoms with Gasteiger partial charge < -0.3 is 0 Å². The first kappa shape index (κ1) is 8.34. The van der Waals surface area contributed by atoms with Gasteiger partial charge in [-0.1, -0.05) is 18.7 Å². The minimum atomic E-state index is -0.892. The van der Waals surface area contributed by atoms with Gasteiger partial charge in [-0.3, -0.25) is 0 Å². The topological polar surface area (TPSA) is 0 Å². The van der Waals surface area contributed by atoms with Crippen LogP contribution in [0.2, 0.25) is 24.7 Å². The minimum absolute atomic E-state index is 0.386. The summed E-state index contributed by atoms with van der Waals surface area (Å²) in [6.07, 6.45) is 4.65. The second-order valence-corrected chi connectivity index (χ2v) is 9.27. The molecule has 0 saturated carbocycles. The number of rotatable bonds is 2. The molecule has 58 valence electrons. The summed E-state index contributed by atoms with van der Waals surface area (Å²) in [6.45, 7) is 4.56. The largest absolute Gasteiger partial charge is 0.124 e. The van der Waals surface area contributed by atoms with Crippen LogP contribution < -0.4 is 0 Å². The molecule has 0 spiro atoms. The Balaban J connectivity index is 2.38. The Morgan fingerprint density at radius 1 is 1.50 bits per heavy atom. The third kappa shape index (κ3) is 2.13. The van der Waals surface area contributed by atoms with Gasteiger partial charge in [-0.15, -0.1) is 11.6 Å². The maximum atomic E-state index is 5.95. The van der Waals surface area contributed by atoms with Crippen LogP contribution in [0, 0.1) is 0 Å². The molecule has 1 rings (SSSR count). The molecule has 1 unspecified atom stereocenters. The first-order valence-electron chi connectivity index (χ1n) is 3.91. The predicted octanol–water partition coefficient (Wildman–Crippen LogP) is 3.26. The first-order valence-corrected chi connectivity index (χ1v) is 7.47. The lowest BCUT2D eigenvalue weighted by Gasteiger charge is -2.21. The van der Waals surface area contributed by atoms with Gasteiger partial charge in [0.05, 0.1) is 8.07 Å². The summed E-state index contributed by atoms with van der Waals surface area (Å²) < 4.78 is 0. The monoisotopic (exact) mass is 174 g/mol. The molecule has 0 aliphatic carbocycles. The molecule has 0 amide bonds. The standard InChI is InChI=1S/C8H15ClSi/c1-8(9)7-10(2)5-3-4-6-10/h3-4,8H,5-7H2,1-2H3. The van der Waals surface area contributed by atoms with Crippen LogP contribution in [0.15, 0.2) is 12.2 Å². The molecular formula is C8H15ClSi. The summed E-state index contributed by atoms with van der Waals surface area (Å²) in [5.74, 6) is 0. The van der Waals surface area contributed by atoms with E-state index in [-0.39, 0.29) is 0 Å². The molecule has 2 heteroatoms. The maximum absolute atomic E-state index is 5.95. The molecule has 0 fully saturated rings. The quantitative estimate of drug-likeness (QED) is 0.343. The predicted molar refractivity (Wildman–Crippen MR) is 50.5 cm³/mol. The Morgan fingerprint density at radius 3 is 2.40 bits per heavy atom. The van der Waals surface area contributed by atoms with Gasteiger partial charge in [-0.05, 0) is 25.1 Å². The maximum Gasteiger partial charge on any atom is 0.0594 e. The zero-order valence-corrected chi connectivity index (χ0v) is 8.49. The molecule has 1 atom stereocenters. The van der Waals surface area contributed by atoms with Gasteiger partial charge >= 0.3 is 0 Å². The lowest BCUT2D eigenvalue weighted by molar-refractivity contribution is 1.05. The van der Waals surface area contributed by atoms with Crippen LogP contribution in [0.4, 0.5) is 0 Å². The van der Waals surface area contributed by atoms with Gasteiger partial charge in [0.25, 0.3) is 0 Å². The summed E-state index contributed by atoms with van der Waals surface area (Å²) in [5.41, 5.74) is 0. The van der Waals surface area contributed by atoms with Crippen molar-refractivity contribution in [2.45, 2.75) is 37.0 Å². The highest BCUT2D eigenvalue weighted by Gasteiger charge is 2.28. The van der Waals surface area contributed by atoms with Crippen LogP contribution in [0.5, 0.6) is 0 Å². The molecule has 0 aromatic heterocycles. The summed E-state index contributed by atoms with van der Waals surface area (Å²) in [5, 5.41) is 0.386. The lowest BCUT2D eigenvalue weighted by Crippen LogP contribution is -2.28. The SMILES string of the molecule is CC(Cl)C[Si]1(C)CC=CC1. The third-order valence-corrected chi connectivity index (χ3v) is 6.62. The zero-order chi connectivity index (χ0) is 7.61. The number of allylic oxidation sites excluding steroid dienone is 2. The number of hydrogen-bond acceptors (Lipinski definition) is 0. The van der Waals surface area contributed by atoms with Crippen LogP contribution in [0.1, 0.15) is 6.92 Å². The molecule has 1 aliphatic heterocycles. The van der Waals surface area contributed by atoms with E-state index in [0.717, 1.165) is 0 Å². The zero-order valence-electron chi connectivity index (χ0n) is 6.73. The fourth-order valence-electron chi connectivity index (χ4n) is 1.66. The number of halogens is 1. The van der Waals surface area contributed by atoms with Crippen LogP contribution in [0.3, 0.4) is 0 Å². The van der Waals surface area contributed by atoms with Crippen molar-refractivity contribution in [1.82, 2.24) is 0 Å². The summed E-state index contributed by atoms with van der Waals surface area (Å²) in [4.78, 5) is 0. The highest BCUT2D eigenvalue weighted by Crippen LogP contribution is 2.30. The van der Waals surface area contributed by atoms with Crippen molar-refractivity contribution in [3.05, 3.63) is 12.2 Å². The van der Waals surface area contributed by atoms with E-state index in [1.165, 1.54) is 18.1 Å². The van der Waals surface area contributed by atoms with E-state index in [1.54, 1.807) is 0 Å². The average Bonchev–Trinajstić information content (AvgIpc) is 2.12. The lowest BCUT2D eigenvalue weighted by atomic mass is 10.6. The second kappa shape index (κ2) is 3.10. The third-order valence-electron chi connectivity index (χ3n) is 2.16. The average molecular weight is 175 g/mol. The van der Waals surface area contributed by atoms with Gasteiger partial charge in [0, 0.05) is 5.38 Å². The molecule has 0 nitrogen and oxygen atoms in total. The Morgan fingerprint density at radius 2 is 2.00 bits per heavy atom. The van der Waals surface area contributed by atoms with E-state index < -0.39 is 8.07 Å². The smallest absolute Gasteiger partial charge is 0.0594 e. The molecule has 0 saturated heterocycles. The van der Waals surface area contributed by atoms with E-state index in [2.05, 4.69) is 25.6 Å². The molecule has 0 aromatic carbocycles. The van der Waals surface area contributed by atoms with Gasteiger partial charge in [-0.2, -0.15) is 0 Å². The Hall–Kier alpha value is 0.247. The second-order valence-electron chi connectivity index (χ2n) is 3.68. The summed E-state index contributed by atoms with van der Waals surface area (Å²) >= 11 is 5.95. The Bertz CT molecular complexity index is 132. The molecular weight excluding hydrogens is 160 g/mol. The first-order chi connectivity index (χ1) is 4.62. The van der Waals surface area contributed by atoms with Gasteiger partial charge in [0.1, 0.15) is 0 Å². The van der Waals surface area contributed by atoms with Gasteiger partial charge in [0.2, 0.25) is 0 Å². The van der Waals surface area contributed by atoms with E-state index in [0.29, 0.717) is 5.38 Å². The van der Waals surface area contributed by atoms with Crippen molar-refractivity contribution in [3.8, 4) is 0 Å². The minimum Gasteiger partial charge on any atom is -0.124 e. The van der Waals surface area contributed by atoms with Crippen molar-refractivity contribution in [2.24, 2.45) is 0 Å². The molecule has 0 radical (unpaired) electrons. The van der Waals surface area contributed by atoms with Crippen molar-refractivity contribution in [3.63, 3.8) is 0 Å². The normalized spacial score (nSPS) is 25.1.